The van der Waals surface area contributed by atoms with E-state index in [9.17, 15) is 4.79 Å². The van der Waals surface area contributed by atoms with Crippen LogP contribution in [0.25, 0.3) is 16.9 Å². The molecule has 0 fully saturated rings. The Bertz CT molecular complexity index is 1180. The van der Waals surface area contributed by atoms with Crippen LogP contribution >= 0.6 is 15.9 Å². The highest BCUT2D eigenvalue weighted by molar-refractivity contribution is 9.10. The summed E-state index contributed by atoms with van der Waals surface area (Å²) in [5.74, 6) is -0.272. The van der Waals surface area contributed by atoms with Crippen LogP contribution in [0.4, 0.5) is 0 Å². The van der Waals surface area contributed by atoms with Gasteiger partial charge in [0.05, 0.1) is 11.9 Å². The molecule has 0 bridgehead atoms. The first-order valence-corrected chi connectivity index (χ1v) is 10.2. The van der Waals surface area contributed by atoms with Gasteiger partial charge >= 0.3 is 0 Å². The normalized spacial score (nSPS) is 11.0. The zero-order chi connectivity index (χ0) is 20.9. The minimum Gasteiger partial charge on any atom is -0.267 e. The van der Waals surface area contributed by atoms with Crippen molar-refractivity contribution < 1.29 is 4.79 Å². The third-order valence-electron chi connectivity index (χ3n) is 4.56. The first-order valence-electron chi connectivity index (χ1n) is 9.41. The maximum Gasteiger partial charge on any atom is 0.271 e. The first kappa shape index (κ1) is 19.8. The van der Waals surface area contributed by atoms with Crippen molar-refractivity contribution in [1.29, 1.82) is 0 Å². The fourth-order valence-electron chi connectivity index (χ4n) is 2.96. The van der Waals surface area contributed by atoms with E-state index in [2.05, 4.69) is 26.5 Å². The predicted octanol–water partition coefficient (Wildman–Crippen LogP) is 5.37. The van der Waals surface area contributed by atoms with Gasteiger partial charge in [-0.25, -0.2) is 10.1 Å². The molecule has 0 aliphatic carbocycles. The number of hydrazone groups is 1. The van der Waals surface area contributed by atoms with Crippen LogP contribution in [0.3, 0.4) is 0 Å². The minimum atomic E-state index is -0.272. The van der Waals surface area contributed by atoms with Gasteiger partial charge in [-0.2, -0.15) is 10.2 Å². The van der Waals surface area contributed by atoms with Crippen molar-refractivity contribution in [3.8, 4) is 16.9 Å². The van der Waals surface area contributed by atoms with Gasteiger partial charge in [0.25, 0.3) is 5.91 Å². The number of carbonyl (C=O) groups is 1. The SMILES string of the molecule is Cc1ccc(-c2nn(-c3ccccc3)cc2/C=N/NC(=O)c2ccc(Br)cc2)cc1. The minimum absolute atomic E-state index is 0.272. The molecule has 5 nitrogen and oxygen atoms in total. The lowest BCUT2D eigenvalue weighted by molar-refractivity contribution is 0.0955. The third-order valence-corrected chi connectivity index (χ3v) is 5.09. The van der Waals surface area contributed by atoms with Crippen molar-refractivity contribution >= 4 is 28.1 Å². The standard InChI is InChI=1S/C24H19BrN4O/c1-17-7-9-18(10-8-17)23-20(16-29(28-23)22-5-3-2-4-6-22)15-26-27-24(30)19-11-13-21(25)14-12-19/h2-16H,1H3,(H,27,30)/b26-15+. The zero-order valence-corrected chi connectivity index (χ0v) is 17.9. The molecular formula is C24H19BrN4O. The average Bonchev–Trinajstić information content (AvgIpc) is 3.19. The van der Waals surface area contributed by atoms with Crippen LogP contribution in [0.15, 0.2) is 94.6 Å². The highest BCUT2D eigenvalue weighted by Crippen LogP contribution is 2.23. The van der Waals surface area contributed by atoms with Gasteiger partial charge in [0.1, 0.15) is 5.69 Å². The van der Waals surface area contributed by atoms with Gasteiger partial charge in [-0.3, -0.25) is 4.79 Å². The summed E-state index contributed by atoms with van der Waals surface area (Å²) in [6.45, 7) is 2.05. The molecule has 30 heavy (non-hydrogen) atoms. The number of nitrogens with one attached hydrogen (secondary N) is 1. The second kappa shape index (κ2) is 8.88. The molecule has 1 heterocycles. The molecule has 3 aromatic carbocycles. The van der Waals surface area contributed by atoms with Gasteiger partial charge in [0.15, 0.2) is 0 Å². The summed E-state index contributed by atoms with van der Waals surface area (Å²) in [6.07, 6.45) is 3.53. The zero-order valence-electron chi connectivity index (χ0n) is 16.3. The van der Waals surface area contributed by atoms with Crippen LogP contribution in [-0.2, 0) is 0 Å². The number of halogens is 1. The van der Waals surface area contributed by atoms with E-state index in [0.29, 0.717) is 5.56 Å². The van der Waals surface area contributed by atoms with Gasteiger partial charge in [-0.05, 0) is 43.3 Å². The summed E-state index contributed by atoms with van der Waals surface area (Å²) in [4.78, 5) is 12.3. The molecule has 1 N–H and O–H groups in total. The van der Waals surface area contributed by atoms with E-state index in [4.69, 9.17) is 5.10 Å². The summed E-state index contributed by atoms with van der Waals surface area (Å²) in [5, 5.41) is 8.91. The van der Waals surface area contributed by atoms with E-state index in [1.807, 2.05) is 84.5 Å². The monoisotopic (exact) mass is 458 g/mol. The topological polar surface area (TPSA) is 59.3 Å². The lowest BCUT2D eigenvalue weighted by atomic mass is 10.1. The fraction of sp³-hybridized carbons (Fsp3) is 0.0417. The number of carbonyl (C=O) groups excluding carboxylic acids is 1. The molecule has 0 saturated heterocycles. The molecule has 0 atom stereocenters. The average molecular weight is 459 g/mol. The third kappa shape index (κ3) is 4.55. The van der Waals surface area contributed by atoms with Crippen molar-refractivity contribution in [3.05, 3.63) is 106 Å². The Morgan fingerprint density at radius 1 is 1.00 bits per heavy atom. The Morgan fingerprint density at radius 2 is 1.70 bits per heavy atom. The maximum absolute atomic E-state index is 12.3. The van der Waals surface area contributed by atoms with E-state index in [-0.39, 0.29) is 5.91 Å². The predicted molar refractivity (Wildman–Crippen MR) is 123 cm³/mol. The highest BCUT2D eigenvalue weighted by atomic mass is 79.9. The number of para-hydroxylation sites is 1. The van der Waals surface area contributed by atoms with E-state index in [0.717, 1.165) is 27.0 Å². The fourth-order valence-corrected chi connectivity index (χ4v) is 3.22. The number of hydrogen-bond donors (Lipinski definition) is 1. The molecule has 0 aliphatic rings. The van der Waals surface area contributed by atoms with Gasteiger partial charge in [0.2, 0.25) is 0 Å². The Kier molecular flexibility index (Phi) is 5.86. The van der Waals surface area contributed by atoms with E-state index in [1.165, 1.54) is 5.56 Å². The summed E-state index contributed by atoms with van der Waals surface area (Å²) < 4.78 is 2.73. The molecule has 148 valence electrons. The molecule has 0 aliphatic heterocycles. The Labute approximate surface area is 183 Å². The van der Waals surface area contributed by atoms with E-state index >= 15 is 0 Å². The number of aromatic nitrogens is 2. The van der Waals surface area contributed by atoms with Crippen LogP contribution < -0.4 is 5.43 Å². The van der Waals surface area contributed by atoms with E-state index < -0.39 is 0 Å². The first-order chi connectivity index (χ1) is 14.6. The number of rotatable bonds is 5. The van der Waals surface area contributed by atoms with Gasteiger partial charge in [-0.1, -0.05) is 64.0 Å². The summed E-state index contributed by atoms with van der Waals surface area (Å²) in [7, 11) is 0. The Morgan fingerprint density at radius 3 is 2.40 bits per heavy atom. The summed E-state index contributed by atoms with van der Waals surface area (Å²) >= 11 is 3.36. The molecule has 4 aromatic rings. The van der Waals surface area contributed by atoms with Crippen LogP contribution in [0.1, 0.15) is 21.5 Å². The molecule has 4 rings (SSSR count). The van der Waals surface area contributed by atoms with Gasteiger partial charge < -0.3 is 0 Å². The molecule has 1 amide bonds. The molecule has 0 saturated carbocycles. The van der Waals surface area contributed by atoms with Crippen molar-refractivity contribution in [2.24, 2.45) is 5.10 Å². The molecule has 0 spiro atoms. The van der Waals surface area contributed by atoms with Crippen molar-refractivity contribution in [1.82, 2.24) is 15.2 Å². The second-order valence-corrected chi connectivity index (χ2v) is 7.70. The van der Waals surface area contributed by atoms with Crippen LogP contribution in [0.5, 0.6) is 0 Å². The molecule has 6 heteroatoms. The number of amides is 1. The molecule has 1 aromatic heterocycles. The van der Waals surface area contributed by atoms with E-state index in [1.54, 1.807) is 18.3 Å². The summed E-state index contributed by atoms with van der Waals surface area (Å²) in [6, 6.07) is 25.1. The van der Waals surface area contributed by atoms with Crippen molar-refractivity contribution in [2.75, 3.05) is 0 Å². The number of benzene rings is 3. The second-order valence-electron chi connectivity index (χ2n) is 6.79. The Hall–Kier alpha value is -3.51. The van der Waals surface area contributed by atoms with Gasteiger partial charge in [-0.15, -0.1) is 0 Å². The summed E-state index contributed by atoms with van der Waals surface area (Å²) in [5.41, 5.74) is 7.82. The smallest absolute Gasteiger partial charge is 0.267 e. The molecule has 0 unspecified atom stereocenters. The Balaban J connectivity index is 1.63. The number of hydrogen-bond acceptors (Lipinski definition) is 3. The highest BCUT2D eigenvalue weighted by Gasteiger charge is 2.11. The quantitative estimate of drug-likeness (QED) is 0.322. The van der Waals surface area contributed by atoms with Crippen LogP contribution in [0, 0.1) is 6.92 Å². The lowest BCUT2D eigenvalue weighted by Crippen LogP contribution is -2.17. The van der Waals surface area contributed by atoms with Gasteiger partial charge in [0, 0.05) is 27.4 Å². The number of nitrogens with zero attached hydrogens (tertiary/aromatic N) is 3. The van der Waals surface area contributed by atoms with Crippen molar-refractivity contribution in [2.45, 2.75) is 6.92 Å². The largest absolute Gasteiger partial charge is 0.271 e. The lowest BCUT2D eigenvalue weighted by Gasteiger charge is -2.01. The van der Waals surface area contributed by atoms with Crippen LogP contribution in [0.2, 0.25) is 0 Å². The maximum atomic E-state index is 12.3. The number of aryl methyl sites for hydroxylation is 1. The van der Waals surface area contributed by atoms with Crippen molar-refractivity contribution in [3.63, 3.8) is 0 Å². The van der Waals surface area contributed by atoms with Crippen LogP contribution in [-0.4, -0.2) is 21.9 Å². The molecular weight excluding hydrogens is 440 g/mol. The molecule has 0 radical (unpaired) electrons.